The van der Waals surface area contributed by atoms with E-state index in [9.17, 15) is 13.2 Å². The van der Waals surface area contributed by atoms with Crippen LogP contribution in [0, 0.1) is 12.8 Å². The number of benzene rings is 1. The molecule has 1 saturated heterocycles. The molecule has 0 bridgehead atoms. The molecule has 1 aliphatic rings. The van der Waals surface area contributed by atoms with Crippen LogP contribution in [-0.4, -0.2) is 32.7 Å². The first-order chi connectivity index (χ1) is 10.8. The van der Waals surface area contributed by atoms with E-state index in [2.05, 4.69) is 5.32 Å². The minimum Gasteiger partial charge on any atom is -0.325 e. The molecule has 7 heteroatoms. The lowest BCUT2D eigenvalue weighted by Gasteiger charge is -2.21. The maximum Gasteiger partial charge on any atom is 0.241 e. The Kier molecular flexibility index (Phi) is 5.31. The third-order valence-electron chi connectivity index (χ3n) is 4.40. The van der Waals surface area contributed by atoms with Crippen molar-refractivity contribution in [2.45, 2.75) is 39.7 Å². The third kappa shape index (κ3) is 3.84. The highest BCUT2D eigenvalue weighted by atomic mass is 32.2. The molecule has 1 aromatic rings. The lowest BCUT2D eigenvalue weighted by molar-refractivity contribution is -0.118. The maximum atomic E-state index is 12.2. The minimum atomic E-state index is -3.25. The number of aryl methyl sites for hydroxylation is 1. The van der Waals surface area contributed by atoms with Gasteiger partial charge in [0.05, 0.1) is 17.5 Å². The highest BCUT2D eigenvalue weighted by molar-refractivity contribution is 7.93. The first-order valence-corrected chi connectivity index (χ1v) is 9.54. The van der Waals surface area contributed by atoms with Gasteiger partial charge in [-0.3, -0.25) is 9.10 Å². The summed E-state index contributed by atoms with van der Waals surface area (Å²) in [6, 6.07) is 4.70. The molecule has 1 fully saturated rings. The topological polar surface area (TPSA) is 92.5 Å². The number of hydrogen-bond acceptors (Lipinski definition) is 4. The minimum absolute atomic E-state index is 0.0823. The Balaban J connectivity index is 2.23. The molecule has 0 aromatic heterocycles. The van der Waals surface area contributed by atoms with E-state index < -0.39 is 16.1 Å². The summed E-state index contributed by atoms with van der Waals surface area (Å²) >= 11 is 0. The van der Waals surface area contributed by atoms with Crippen molar-refractivity contribution in [1.29, 1.82) is 0 Å². The number of sulfonamides is 1. The van der Waals surface area contributed by atoms with Gasteiger partial charge < -0.3 is 11.1 Å². The number of hydrogen-bond donors (Lipinski definition) is 2. The number of nitrogens with one attached hydrogen (secondary N) is 1. The van der Waals surface area contributed by atoms with Crippen molar-refractivity contribution in [2.24, 2.45) is 11.7 Å². The molecule has 2 rings (SSSR count). The van der Waals surface area contributed by atoms with Gasteiger partial charge in [0, 0.05) is 12.2 Å². The number of carbonyl (C=O) groups excluding carboxylic acids is 1. The third-order valence-corrected chi connectivity index (χ3v) is 6.26. The Hall–Kier alpha value is -1.60. The summed E-state index contributed by atoms with van der Waals surface area (Å²) in [7, 11) is -3.25. The molecule has 0 aliphatic carbocycles. The molecule has 3 N–H and O–H groups in total. The normalized spacial score (nSPS) is 19.4. The van der Waals surface area contributed by atoms with Gasteiger partial charge in [-0.1, -0.05) is 26.3 Å². The van der Waals surface area contributed by atoms with E-state index in [1.54, 1.807) is 12.1 Å². The number of nitrogens with zero attached hydrogens (tertiary/aromatic N) is 1. The number of anilines is 2. The number of carbonyl (C=O) groups is 1. The van der Waals surface area contributed by atoms with E-state index in [1.807, 2.05) is 26.8 Å². The second-order valence-corrected chi connectivity index (χ2v) is 8.16. The van der Waals surface area contributed by atoms with Crippen LogP contribution in [0.3, 0.4) is 0 Å². The van der Waals surface area contributed by atoms with Crippen molar-refractivity contribution in [3.05, 3.63) is 23.8 Å². The fourth-order valence-electron chi connectivity index (χ4n) is 2.60. The number of rotatable bonds is 5. The zero-order chi connectivity index (χ0) is 17.2. The quantitative estimate of drug-likeness (QED) is 0.856. The maximum absolute atomic E-state index is 12.2. The molecule has 0 radical (unpaired) electrons. The predicted molar refractivity (Wildman–Crippen MR) is 93.0 cm³/mol. The fraction of sp³-hybridized carbons (Fsp3) is 0.562. The zero-order valence-corrected chi connectivity index (χ0v) is 14.7. The molecular weight excluding hydrogens is 314 g/mol. The average molecular weight is 339 g/mol. The lowest BCUT2D eigenvalue weighted by atomic mass is 9.99. The van der Waals surface area contributed by atoms with Crippen molar-refractivity contribution in [1.82, 2.24) is 0 Å². The Morgan fingerprint density at radius 1 is 1.43 bits per heavy atom. The monoisotopic (exact) mass is 339 g/mol. The first-order valence-electron chi connectivity index (χ1n) is 7.93. The van der Waals surface area contributed by atoms with Crippen LogP contribution in [0.15, 0.2) is 18.2 Å². The lowest BCUT2D eigenvalue weighted by Crippen LogP contribution is -2.40. The van der Waals surface area contributed by atoms with Crippen LogP contribution >= 0.6 is 0 Å². The largest absolute Gasteiger partial charge is 0.325 e. The van der Waals surface area contributed by atoms with Gasteiger partial charge in [0.2, 0.25) is 15.9 Å². The second-order valence-electron chi connectivity index (χ2n) is 6.14. The Morgan fingerprint density at radius 3 is 2.70 bits per heavy atom. The van der Waals surface area contributed by atoms with Gasteiger partial charge in [0.15, 0.2) is 0 Å². The van der Waals surface area contributed by atoms with Gasteiger partial charge in [-0.2, -0.15) is 0 Å². The fourth-order valence-corrected chi connectivity index (χ4v) is 4.22. The summed E-state index contributed by atoms with van der Waals surface area (Å²) in [6.45, 7) is 6.26. The van der Waals surface area contributed by atoms with Gasteiger partial charge in [-0.05, 0) is 37.0 Å². The van der Waals surface area contributed by atoms with E-state index in [0.717, 1.165) is 12.0 Å². The SMILES string of the molecule is CCC(C)C(N)C(=O)Nc1ccc(C)c(N2CCCS2(=O)=O)c1. The summed E-state index contributed by atoms with van der Waals surface area (Å²) in [5.74, 6) is -0.000590. The van der Waals surface area contributed by atoms with E-state index >= 15 is 0 Å². The molecule has 1 amide bonds. The molecule has 2 unspecified atom stereocenters. The predicted octanol–water partition coefficient (Wildman–Crippen LogP) is 1.85. The van der Waals surface area contributed by atoms with E-state index in [4.69, 9.17) is 5.73 Å². The van der Waals surface area contributed by atoms with Crippen LogP contribution in [0.2, 0.25) is 0 Å². The Labute approximate surface area is 138 Å². The van der Waals surface area contributed by atoms with Crippen molar-refractivity contribution >= 4 is 27.3 Å². The van der Waals surface area contributed by atoms with Crippen LogP contribution in [-0.2, 0) is 14.8 Å². The molecule has 0 spiro atoms. The summed E-state index contributed by atoms with van der Waals surface area (Å²) in [5.41, 5.74) is 7.98. The molecular formula is C16H25N3O3S. The van der Waals surface area contributed by atoms with Crippen LogP contribution < -0.4 is 15.4 Å². The van der Waals surface area contributed by atoms with E-state index in [0.29, 0.717) is 24.3 Å². The van der Waals surface area contributed by atoms with Gasteiger partial charge in [0.1, 0.15) is 0 Å². The van der Waals surface area contributed by atoms with E-state index in [-0.39, 0.29) is 17.6 Å². The molecule has 6 nitrogen and oxygen atoms in total. The van der Waals surface area contributed by atoms with Crippen molar-refractivity contribution in [2.75, 3.05) is 21.9 Å². The van der Waals surface area contributed by atoms with Crippen LogP contribution in [0.4, 0.5) is 11.4 Å². The van der Waals surface area contributed by atoms with Gasteiger partial charge >= 0.3 is 0 Å². The average Bonchev–Trinajstić information content (AvgIpc) is 2.86. The summed E-state index contributed by atoms with van der Waals surface area (Å²) < 4.78 is 25.6. The molecule has 128 valence electrons. The second kappa shape index (κ2) is 6.88. The number of amides is 1. The summed E-state index contributed by atoms with van der Waals surface area (Å²) in [6.07, 6.45) is 1.44. The Morgan fingerprint density at radius 2 is 2.13 bits per heavy atom. The molecule has 1 aromatic carbocycles. The van der Waals surface area contributed by atoms with Crippen molar-refractivity contribution in [3.63, 3.8) is 0 Å². The Bertz CT molecular complexity index is 688. The molecule has 1 aliphatic heterocycles. The molecule has 23 heavy (non-hydrogen) atoms. The number of nitrogens with two attached hydrogens (primary N) is 1. The van der Waals surface area contributed by atoms with Crippen LogP contribution in [0.5, 0.6) is 0 Å². The van der Waals surface area contributed by atoms with E-state index in [1.165, 1.54) is 4.31 Å². The van der Waals surface area contributed by atoms with Crippen LogP contribution in [0.1, 0.15) is 32.3 Å². The highest BCUT2D eigenvalue weighted by Gasteiger charge is 2.29. The van der Waals surface area contributed by atoms with Gasteiger partial charge in [-0.25, -0.2) is 8.42 Å². The van der Waals surface area contributed by atoms with Gasteiger partial charge in [-0.15, -0.1) is 0 Å². The first kappa shape index (κ1) is 17.7. The standard InChI is InChI=1S/C16H25N3O3S/c1-4-11(2)15(17)16(20)18-13-7-6-12(3)14(10-13)19-8-5-9-23(19,21)22/h6-7,10-11,15H,4-5,8-9,17H2,1-3H3,(H,18,20). The van der Waals surface area contributed by atoms with Crippen LogP contribution in [0.25, 0.3) is 0 Å². The van der Waals surface area contributed by atoms with Gasteiger partial charge in [0.25, 0.3) is 0 Å². The van der Waals surface area contributed by atoms with Crippen molar-refractivity contribution in [3.8, 4) is 0 Å². The molecule has 0 saturated carbocycles. The van der Waals surface area contributed by atoms with Crippen molar-refractivity contribution < 1.29 is 13.2 Å². The summed E-state index contributed by atoms with van der Waals surface area (Å²) in [5, 5.41) is 2.79. The molecule has 2 atom stereocenters. The zero-order valence-electron chi connectivity index (χ0n) is 13.9. The summed E-state index contributed by atoms with van der Waals surface area (Å²) in [4.78, 5) is 12.2. The highest BCUT2D eigenvalue weighted by Crippen LogP contribution is 2.30. The smallest absolute Gasteiger partial charge is 0.241 e. The molecule has 1 heterocycles.